The van der Waals surface area contributed by atoms with Gasteiger partial charge in [0.05, 0.1) is 37.7 Å². The van der Waals surface area contributed by atoms with Gasteiger partial charge in [-0.3, -0.25) is 18.9 Å². The Labute approximate surface area is 399 Å². The van der Waals surface area contributed by atoms with E-state index in [-0.39, 0.29) is 56.0 Å². The lowest BCUT2D eigenvalue weighted by Gasteiger charge is -2.24. The summed E-state index contributed by atoms with van der Waals surface area (Å²) in [4.78, 5) is 18.8. The van der Waals surface area contributed by atoms with Crippen molar-refractivity contribution in [1.82, 2.24) is 29.9 Å². The van der Waals surface area contributed by atoms with Gasteiger partial charge in [-0.25, -0.2) is 30.6 Å². The summed E-state index contributed by atoms with van der Waals surface area (Å²) < 4.78 is 201. The third-order valence-electron chi connectivity index (χ3n) is 13.1. The number of pyridine rings is 1. The fourth-order valence-corrected chi connectivity index (χ4v) is 11.9. The first-order chi connectivity index (χ1) is 32.2. The number of fused-ring (bicyclic) bond motifs is 2. The maximum absolute atomic E-state index is 15.8. The highest BCUT2D eigenvalue weighted by molar-refractivity contribution is 7.94. The minimum atomic E-state index is -5.23. The molecule has 2 saturated carbocycles. The van der Waals surface area contributed by atoms with Crippen molar-refractivity contribution in [1.29, 1.82) is 0 Å². The second kappa shape index (κ2) is 17.1. The number of anilines is 1. The van der Waals surface area contributed by atoms with E-state index in [2.05, 4.69) is 37.1 Å². The van der Waals surface area contributed by atoms with Gasteiger partial charge in [-0.15, -0.1) is 0 Å². The number of alkyl halides is 8. The Morgan fingerprint density at radius 3 is 2.14 bits per heavy atom. The zero-order chi connectivity index (χ0) is 51.5. The minimum absolute atomic E-state index is 0.181. The summed E-state index contributed by atoms with van der Waals surface area (Å²) >= 11 is 6.62. The largest absolute Gasteiger partial charge is 0.435 e. The Morgan fingerprint density at radius 1 is 0.929 bits per heavy atom. The van der Waals surface area contributed by atoms with E-state index in [1.807, 2.05) is 0 Å². The van der Waals surface area contributed by atoms with E-state index in [4.69, 9.17) is 11.6 Å². The summed E-state index contributed by atoms with van der Waals surface area (Å²) in [6.07, 6.45) is -9.59. The lowest BCUT2D eigenvalue weighted by Crippen LogP contribution is -2.35. The van der Waals surface area contributed by atoms with Crippen molar-refractivity contribution in [2.75, 3.05) is 4.72 Å². The molecule has 0 aliphatic heterocycles. The van der Waals surface area contributed by atoms with Crippen LogP contribution in [0.5, 0.6) is 0 Å². The summed E-state index contributed by atoms with van der Waals surface area (Å²) in [6, 6.07) is 5.43. The Kier molecular flexibility index (Phi) is 12.5. The average Bonchev–Trinajstić information content (AvgIpc) is 4.15. The van der Waals surface area contributed by atoms with Gasteiger partial charge in [0.25, 0.3) is 5.92 Å². The second-order valence-electron chi connectivity index (χ2n) is 18.7. The van der Waals surface area contributed by atoms with E-state index in [0.29, 0.717) is 23.6 Å². The number of rotatable bonds is 13. The van der Waals surface area contributed by atoms with Crippen LogP contribution in [0.1, 0.15) is 106 Å². The van der Waals surface area contributed by atoms with Crippen LogP contribution in [0.15, 0.2) is 42.5 Å². The normalized spacial score (nSPS) is 19.4. The predicted octanol–water partition coefficient (Wildman–Crippen LogP) is 9.75. The van der Waals surface area contributed by atoms with Crippen molar-refractivity contribution >= 4 is 54.1 Å². The van der Waals surface area contributed by atoms with Crippen LogP contribution in [0.3, 0.4) is 0 Å². The van der Waals surface area contributed by atoms with E-state index < -0.39 is 136 Å². The zero-order valence-corrected chi connectivity index (χ0v) is 39.9. The van der Waals surface area contributed by atoms with Gasteiger partial charge in [0.1, 0.15) is 40.9 Å². The molecule has 3 heterocycles. The molecule has 0 unspecified atom stereocenters. The van der Waals surface area contributed by atoms with Crippen LogP contribution >= 0.6 is 11.6 Å². The summed E-state index contributed by atoms with van der Waals surface area (Å²) in [7, 11) is -8.10. The molecule has 1 amide bonds. The minimum Gasteiger partial charge on any atom is -0.346 e. The summed E-state index contributed by atoms with van der Waals surface area (Å²) in [5.74, 6) is -5.63. The maximum atomic E-state index is 15.8. The van der Waals surface area contributed by atoms with Crippen molar-refractivity contribution in [3.05, 3.63) is 93.0 Å². The molecule has 12 nitrogen and oxygen atoms in total. The first-order valence-electron chi connectivity index (χ1n) is 21.6. The van der Waals surface area contributed by atoms with Gasteiger partial charge in [0, 0.05) is 28.7 Å². The van der Waals surface area contributed by atoms with E-state index in [1.165, 1.54) is 45.0 Å². The van der Waals surface area contributed by atoms with Gasteiger partial charge in [0.15, 0.2) is 21.3 Å². The number of nitrogens with one attached hydrogen (secondary N) is 2. The number of hydrogen-bond donors (Lipinski definition) is 2. The van der Waals surface area contributed by atoms with E-state index >= 15 is 8.78 Å². The summed E-state index contributed by atoms with van der Waals surface area (Å²) in [6.45, 7) is 3.23. The van der Waals surface area contributed by atoms with Crippen LogP contribution in [0.2, 0.25) is 5.02 Å². The van der Waals surface area contributed by atoms with Crippen LogP contribution in [0.4, 0.5) is 49.7 Å². The van der Waals surface area contributed by atoms with Crippen LogP contribution < -0.4 is 10.0 Å². The molecule has 2 fully saturated rings. The predicted molar refractivity (Wildman–Crippen MR) is 237 cm³/mol. The fourth-order valence-electron chi connectivity index (χ4n) is 8.59. The van der Waals surface area contributed by atoms with E-state index in [0.717, 1.165) is 26.0 Å². The Bertz CT molecular complexity index is 3240. The molecule has 25 heteroatoms. The molecule has 2 N–H and O–H groups in total. The van der Waals surface area contributed by atoms with Gasteiger partial charge < -0.3 is 5.32 Å². The Morgan fingerprint density at radius 2 is 1.56 bits per heavy atom. The van der Waals surface area contributed by atoms with Gasteiger partial charge in [-0.2, -0.15) is 45.3 Å². The number of nitrogens with zero attached hydrogens (tertiary/aromatic N) is 5. The molecule has 0 radical (unpaired) electrons. The van der Waals surface area contributed by atoms with Crippen molar-refractivity contribution in [2.45, 2.75) is 125 Å². The summed E-state index contributed by atoms with van der Waals surface area (Å²) in [5, 5.41) is 8.67. The number of sulfonamides is 1. The molecule has 376 valence electrons. The fraction of sp³-hybridized carbons (Fsp3) is 0.467. The van der Waals surface area contributed by atoms with Crippen LogP contribution in [-0.4, -0.2) is 68.2 Å². The highest BCUT2D eigenvalue weighted by Gasteiger charge is 2.58. The van der Waals surface area contributed by atoms with Gasteiger partial charge >= 0.3 is 12.4 Å². The number of sulfone groups is 1. The molecule has 8 rings (SSSR count). The van der Waals surface area contributed by atoms with E-state index in [1.54, 1.807) is 0 Å². The molecule has 3 aliphatic carbocycles. The Hall–Kier alpha value is -5.41. The number of halogens is 11. The molecule has 3 aromatic heterocycles. The lowest BCUT2D eigenvalue weighted by molar-refractivity contribution is -0.143. The molecule has 2 aromatic carbocycles. The molecule has 5 aromatic rings. The van der Waals surface area contributed by atoms with E-state index in [9.17, 15) is 56.8 Å². The standard InChI is InChI=1S/C45H42ClF10N7O5S2/c1-22-23(2)44(52,53)39-34(22)38(45(54,55)56)59-62(39)20-33(64)58-32(18-24-16-25(47)19-26(48)17-24)36-29(9-6-27(57-36)12-13-41(3,4)69(65,66)28-7-8-28)30-10-11-31(46)35-37(30)63(21-43(49,50)51)60-40(35)61-70(67,68)42(5)14-15-42/h6,9-11,16-17,19,22-23,28,32H,7-8,14-15,18,20-21H2,1-5H3,(H,58,64)(H,60,61)/t22-,23+,32-/m0/s1. The quantitative estimate of drug-likeness (QED) is 0.0872. The molecular weight excluding hydrogens is 1010 g/mol. The molecule has 0 bridgehead atoms. The number of benzene rings is 2. The topological polar surface area (TPSA) is 158 Å². The third-order valence-corrected chi connectivity index (χ3v) is 18.4. The van der Waals surface area contributed by atoms with Crippen LogP contribution in [0, 0.1) is 29.4 Å². The first kappa shape index (κ1) is 51.0. The lowest BCUT2D eigenvalue weighted by atomic mass is 9.93. The van der Waals surface area contributed by atoms with Gasteiger partial charge in [-0.05, 0) is 101 Å². The third kappa shape index (κ3) is 9.44. The number of hydrogen-bond acceptors (Lipinski definition) is 8. The number of carbonyl (C=O) groups excluding carboxylic acids is 1. The average molecular weight is 1050 g/mol. The monoisotopic (exact) mass is 1050 g/mol. The van der Waals surface area contributed by atoms with Crippen molar-refractivity contribution < 1.29 is 65.5 Å². The molecule has 0 saturated heterocycles. The van der Waals surface area contributed by atoms with Crippen molar-refractivity contribution in [2.24, 2.45) is 5.92 Å². The zero-order valence-electron chi connectivity index (χ0n) is 37.6. The number of carbonyl (C=O) groups is 1. The molecule has 70 heavy (non-hydrogen) atoms. The highest BCUT2D eigenvalue weighted by atomic mass is 35.5. The second-order valence-corrected chi connectivity index (χ2v) is 24.1. The van der Waals surface area contributed by atoms with Crippen molar-refractivity contribution in [3.8, 4) is 23.0 Å². The highest BCUT2D eigenvalue weighted by Crippen LogP contribution is 2.55. The number of amides is 1. The molecule has 0 spiro atoms. The summed E-state index contributed by atoms with van der Waals surface area (Å²) in [5.41, 5.74) is -5.21. The van der Waals surface area contributed by atoms with Gasteiger partial charge in [-0.1, -0.05) is 37.4 Å². The van der Waals surface area contributed by atoms with Crippen molar-refractivity contribution in [3.63, 3.8) is 0 Å². The first-order valence-corrected chi connectivity index (χ1v) is 25.0. The smallest absolute Gasteiger partial charge is 0.346 e. The number of aromatic nitrogens is 5. The van der Waals surface area contributed by atoms with Crippen LogP contribution in [0.25, 0.3) is 22.0 Å². The molecule has 3 aliphatic rings. The SMILES string of the molecule is C[C@@H]1c2c(C(F)(F)F)nn(CC(=O)N[C@@H](Cc3cc(F)cc(F)c3)c3nc(C#CC(C)(C)S(=O)(=O)C4CC4)ccc3-c3ccc(Cl)c4c(NS(=O)(=O)C5(C)CC5)nn(CC(F)(F)F)c34)c2C(F)(F)[C@@H]1C. The maximum Gasteiger partial charge on any atom is 0.435 e. The molecular formula is C45H42ClF10N7O5S2. The van der Waals surface area contributed by atoms with Gasteiger partial charge in [0.2, 0.25) is 15.9 Å². The van der Waals surface area contributed by atoms with Crippen LogP contribution in [-0.2, 0) is 56.3 Å². The molecule has 3 atom stereocenters. The Balaban J connectivity index is 1.34.